The minimum atomic E-state index is -0.0622. The molecule has 1 aliphatic rings. The molecule has 0 aliphatic carbocycles. The standard InChI is InChI=1S/C14H15NO3S2/c1-17-8-7-15-13(16)12(20-14(15)19)9-10-3-5-11(18-2)6-4-10/h3-6,9H,7-8H2,1-2H3/b12-9+. The third-order valence-electron chi connectivity index (χ3n) is 2.81. The fourth-order valence-electron chi connectivity index (χ4n) is 1.73. The predicted octanol–water partition coefficient (Wildman–Crippen LogP) is 2.54. The van der Waals surface area contributed by atoms with E-state index < -0.39 is 0 Å². The molecule has 1 aliphatic heterocycles. The number of amides is 1. The number of nitrogens with zero attached hydrogens (tertiary/aromatic N) is 1. The normalized spacial score (nSPS) is 17.1. The molecule has 4 nitrogen and oxygen atoms in total. The Morgan fingerprint density at radius 3 is 2.60 bits per heavy atom. The summed E-state index contributed by atoms with van der Waals surface area (Å²) in [7, 11) is 3.22. The van der Waals surface area contributed by atoms with Crippen LogP contribution >= 0.6 is 24.0 Å². The number of ether oxygens (including phenoxy) is 2. The number of hydrogen-bond acceptors (Lipinski definition) is 5. The number of hydrogen-bond donors (Lipinski definition) is 0. The summed E-state index contributed by atoms with van der Waals surface area (Å²) in [6, 6.07) is 7.52. The number of carbonyl (C=O) groups excluding carboxylic acids is 1. The molecular weight excluding hydrogens is 294 g/mol. The van der Waals surface area contributed by atoms with Crippen LogP contribution in [0.15, 0.2) is 29.2 Å². The van der Waals surface area contributed by atoms with Crippen molar-refractivity contribution in [2.24, 2.45) is 0 Å². The molecule has 106 valence electrons. The van der Waals surface area contributed by atoms with Crippen LogP contribution in [0.5, 0.6) is 5.75 Å². The number of benzene rings is 1. The monoisotopic (exact) mass is 309 g/mol. The highest BCUT2D eigenvalue weighted by Crippen LogP contribution is 2.32. The van der Waals surface area contributed by atoms with E-state index in [9.17, 15) is 4.79 Å². The van der Waals surface area contributed by atoms with Crippen molar-refractivity contribution in [3.63, 3.8) is 0 Å². The van der Waals surface area contributed by atoms with Crippen LogP contribution in [0.4, 0.5) is 0 Å². The fraction of sp³-hybridized carbons (Fsp3) is 0.286. The molecule has 6 heteroatoms. The lowest BCUT2D eigenvalue weighted by molar-refractivity contribution is -0.122. The third kappa shape index (κ3) is 3.39. The second-order valence-corrected chi connectivity index (χ2v) is 5.78. The van der Waals surface area contributed by atoms with E-state index in [0.717, 1.165) is 11.3 Å². The van der Waals surface area contributed by atoms with Gasteiger partial charge < -0.3 is 9.47 Å². The Labute approximate surface area is 127 Å². The molecule has 0 N–H and O–H groups in total. The molecular formula is C14H15NO3S2. The van der Waals surface area contributed by atoms with Crippen LogP contribution < -0.4 is 4.74 Å². The zero-order valence-corrected chi connectivity index (χ0v) is 12.9. The van der Waals surface area contributed by atoms with E-state index in [2.05, 4.69) is 0 Å². The number of rotatable bonds is 5. The zero-order valence-electron chi connectivity index (χ0n) is 11.3. The third-order valence-corrected chi connectivity index (χ3v) is 4.18. The van der Waals surface area contributed by atoms with Crippen LogP contribution in [-0.4, -0.2) is 42.5 Å². The van der Waals surface area contributed by atoms with Gasteiger partial charge in [0.05, 0.1) is 25.2 Å². The zero-order chi connectivity index (χ0) is 14.5. The van der Waals surface area contributed by atoms with E-state index in [0.29, 0.717) is 22.4 Å². The van der Waals surface area contributed by atoms with E-state index in [1.807, 2.05) is 30.3 Å². The van der Waals surface area contributed by atoms with Gasteiger partial charge in [0.1, 0.15) is 10.1 Å². The highest BCUT2D eigenvalue weighted by atomic mass is 32.2. The topological polar surface area (TPSA) is 38.8 Å². The minimum Gasteiger partial charge on any atom is -0.497 e. The molecule has 0 bridgehead atoms. The summed E-state index contributed by atoms with van der Waals surface area (Å²) in [4.78, 5) is 14.4. The maximum atomic E-state index is 12.2. The van der Waals surface area contributed by atoms with Gasteiger partial charge in [0.15, 0.2) is 0 Å². The van der Waals surface area contributed by atoms with Crippen LogP contribution in [0.2, 0.25) is 0 Å². The van der Waals surface area contributed by atoms with Gasteiger partial charge in [-0.15, -0.1) is 0 Å². The number of thioether (sulfide) groups is 1. The molecule has 1 amide bonds. The van der Waals surface area contributed by atoms with Crippen LogP contribution in [0.1, 0.15) is 5.56 Å². The highest BCUT2D eigenvalue weighted by Gasteiger charge is 2.31. The van der Waals surface area contributed by atoms with Gasteiger partial charge in [-0.25, -0.2) is 0 Å². The Morgan fingerprint density at radius 1 is 1.30 bits per heavy atom. The Morgan fingerprint density at radius 2 is 2.00 bits per heavy atom. The Kier molecular flexibility index (Phi) is 5.17. The highest BCUT2D eigenvalue weighted by molar-refractivity contribution is 8.26. The lowest BCUT2D eigenvalue weighted by Gasteiger charge is -2.12. The van der Waals surface area contributed by atoms with Crippen LogP contribution in [0.25, 0.3) is 6.08 Å². The lowest BCUT2D eigenvalue weighted by Crippen LogP contribution is -2.31. The minimum absolute atomic E-state index is 0.0622. The first kappa shape index (κ1) is 15.0. The van der Waals surface area contributed by atoms with E-state index in [1.165, 1.54) is 11.8 Å². The van der Waals surface area contributed by atoms with Gasteiger partial charge in [0.2, 0.25) is 0 Å². The lowest BCUT2D eigenvalue weighted by atomic mass is 10.2. The second kappa shape index (κ2) is 6.88. The molecule has 0 spiro atoms. The molecule has 1 aromatic rings. The molecule has 0 unspecified atom stereocenters. The van der Waals surface area contributed by atoms with Gasteiger partial charge in [-0.2, -0.15) is 0 Å². The molecule has 0 radical (unpaired) electrons. The van der Waals surface area contributed by atoms with Crippen LogP contribution in [0.3, 0.4) is 0 Å². The summed E-state index contributed by atoms with van der Waals surface area (Å²) in [5.74, 6) is 0.725. The SMILES string of the molecule is COCCN1C(=O)/C(=C\c2ccc(OC)cc2)SC1=S. The van der Waals surface area contributed by atoms with Gasteiger partial charge in [0.25, 0.3) is 5.91 Å². The molecule has 1 aromatic carbocycles. The van der Waals surface area contributed by atoms with Gasteiger partial charge >= 0.3 is 0 Å². The largest absolute Gasteiger partial charge is 0.497 e. The Hall–Kier alpha value is -1.37. The van der Waals surface area contributed by atoms with Crippen molar-refractivity contribution in [1.29, 1.82) is 0 Å². The smallest absolute Gasteiger partial charge is 0.266 e. The summed E-state index contributed by atoms with van der Waals surface area (Å²) in [6.07, 6.45) is 1.84. The predicted molar refractivity (Wildman–Crippen MR) is 84.7 cm³/mol. The average Bonchev–Trinajstić information content (AvgIpc) is 2.72. The molecule has 0 saturated carbocycles. The maximum absolute atomic E-state index is 12.2. The molecule has 2 rings (SSSR count). The summed E-state index contributed by atoms with van der Waals surface area (Å²) in [6.45, 7) is 0.962. The second-order valence-electron chi connectivity index (χ2n) is 4.10. The number of methoxy groups -OCH3 is 2. The first-order valence-electron chi connectivity index (χ1n) is 6.04. The van der Waals surface area contributed by atoms with Crippen molar-refractivity contribution in [1.82, 2.24) is 4.90 Å². The van der Waals surface area contributed by atoms with Crippen LogP contribution in [-0.2, 0) is 9.53 Å². The van der Waals surface area contributed by atoms with Crippen molar-refractivity contribution in [2.75, 3.05) is 27.4 Å². The van der Waals surface area contributed by atoms with Gasteiger partial charge in [-0.1, -0.05) is 36.1 Å². The van der Waals surface area contributed by atoms with E-state index in [-0.39, 0.29) is 5.91 Å². The summed E-state index contributed by atoms with van der Waals surface area (Å²) in [5, 5.41) is 0. The number of thiocarbonyl (C=S) groups is 1. The van der Waals surface area contributed by atoms with Crippen molar-refractivity contribution in [3.05, 3.63) is 34.7 Å². The van der Waals surface area contributed by atoms with E-state index >= 15 is 0 Å². The van der Waals surface area contributed by atoms with E-state index in [1.54, 1.807) is 19.1 Å². The maximum Gasteiger partial charge on any atom is 0.266 e. The quantitative estimate of drug-likeness (QED) is 0.617. The summed E-state index contributed by atoms with van der Waals surface area (Å²) < 4.78 is 10.7. The molecule has 0 aromatic heterocycles. The molecule has 20 heavy (non-hydrogen) atoms. The summed E-state index contributed by atoms with van der Waals surface area (Å²) in [5.41, 5.74) is 0.943. The number of carbonyl (C=O) groups is 1. The fourth-order valence-corrected chi connectivity index (χ4v) is 3.04. The van der Waals surface area contributed by atoms with Gasteiger partial charge in [-0.05, 0) is 23.8 Å². The molecule has 1 saturated heterocycles. The van der Waals surface area contributed by atoms with Crippen molar-refractivity contribution in [3.8, 4) is 5.75 Å². The average molecular weight is 309 g/mol. The van der Waals surface area contributed by atoms with Crippen molar-refractivity contribution < 1.29 is 14.3 Å². The Balaban J connectivity index is 2.14. The van der Waals surface area contributed by atoms with Gasteiger partial charge in [0, 0.05) is 7.11 Å². The first-order valence-corrected chi connectivity index (χ1v) is 7.26. The van der Waals surface area contributed by atoms with Crippen molar-refractivity contribution in [2.45, 2.75) is 0 Å². The van der Waals surface area contributed by atoms with Gasteiger partial charge in [-0.3, -0.25) is 9.69 Å². The molecule has 1 heterocycles. The Bertz CT molecular complexity index is 540. The molecule has 1 fully saturated rings. The first-order chi connectivity index (χ1) is 9.65. The van der Waals surface area contributed by atoms with Crippen molar-refractivity contribution >= 4 is 40.3 Å². The van der Waals surface area contributed by atoms with Crippen LogP contribution in [0, 0.1) is 0 Å². The van der Waals surface area contributed by atoms with E-state index in [4.69, 9.17) is 21.7 Å². The molecule has 0 atom stereocenters. The summed E-state index contributed by atoms with van der Waals surface area (Å²) >= 11 is 6.53.